The summed E-state index contributed by atoms with van der Waals surface area (Å²) < 4.78 is 11.7. The van der Waals surface area contributed by atoms with Crippen LogP contribution in [0.25, 0.3) is 0 Å². The van der Waals surface area contributed by atoms with E-state index >= 15 is 0 Å². The highest BCUT2D eigenvalue weighted by atomic mass is 16.5. The fourth-order valence-corrected chi connectivity index (χ4v) is 6.68. The molecule has 1 aliphatic carbocycles. The van der Waals surface area contributed by atoms with Gasteiger partial charge in [0.05, 0.1) is 17.8 Å². The average molecular weight is 713 g/mol. The third-order valence-corrected chi connectivity index (χ3v) is 9.86. The SMILES string of the molecule is CCCCCC(=O)OCC(C#CC1=C(C)CC(O)CC1(C)C)=CC=CC(C)=CC=CC=C(C)C=CC=C(C)C(=O)CC1(C)OC(CC(C)=O)CC1C. The predicted molar refractivity (Wildman–Crippen MR) is 213 cm³/mol. The molecular weight excluding hydrogens is 649 g/mol. The van der Waals surface area contributed by atoms with Gasteiger partial charge in [0.25, 0.3) is 0 Å². The second kappa shape index (κ2) is 21.7. The summed E-state index contributed by atoms with van der Waals surface area (Å²) in [5, 5.41) is 10.3. The van der Waals surface area contributed by atoms with Crippen LogP contribution in [0.15, 0.2) is 94.2 Å². The number of aliphatic hydroxyl groups is 1. The Morgan fingerprint density at radius 2 is 1.58 bits per heavy atom. The molecule has 1 N–H and O–H groups in total. The first-order chi connectivity index (χ1) is 24.5. The van der Waals surface area contributed by atoms with Crippen molar-refractivity contribution in [3.8, 4) is 11.8 Å². The van der Waals surface area contributed by atoms with Crippen molar-refractivity contribution in [3.05, 3.63) is 94.2 Å². The van der Waals surface area contributed by atoms with Crippen molar-refractivity contribution in [2.75, 3.05) is 6.61 Å². The first-order valence-electron chi connectivity index (χ1n) is 19.0. The number of hydrogen-bond acceptors (Lipinski definition) is 6. The topological polar surface area (TPSA) is 89.9 Å². The Hall–Kier alpha value is -3.79. The molecule has 0 spiro atoms. The Bertz CT molecular complexity index is 1580. The predicted octanol–water partition coefficient (Wildman–Crippen LogP) is 10.2. The summed E-state index contributed by atoms with van der Waals surface area (Å²) in [6.07, 6.45) is 25.1. The second-order valence-corrected chi connectivity index (χ2v) is 15.6. The van der Waals surface area contributed by atoms with Gasteiger partial charge in [-0.25, -0.2) is 0 Å². The minimum atomic E-state index is -0.554. The zero-order chi connectivity index (χ0) is 38.9. The highest BCUT2D eigenvalue weighted by Crippen LogP contribution is 2.41. The molecular formula is C46H64O6. The van der Waals surface area contributed by atoms with E-state index in [1.54, 1.807) is 6.92 Å². The van der Waals surface area contributed by atoms with Crippen LogP contribution >= 0.6 is 0 Å². The molecule has 0 saturated carbocycles. The highest BCUT2D eigenvalue weighted by Gasteiger charge is 2.44. The summed E-state index contributed by atoms with van der Waals surface area (Å²) >= 11 is 0. The molecule has 2 rings (SSSR count). The lowest BCUT2D eigenvalue weighted by atomic mass is 9.72. The molecule has 52 heavy (non-hydrogen) atoms. The molecule has 6 heteroatoms. The van der Waals surface area contributed by atoms with Gasteiger partial charge < -0.3 is 14.6 Å². The fourth-order valence-electron chi connectivity index (χ4n) is 6.68. The number of ether oxygens (including phenoxy) is 2. The molecule has 0 bridgehead atoms. The van der Waals surface area contributed by atoms with Crippen molar-refractivity contribution < 1.29 is 29.0 Å². The van der Waals surface area contributed by atoms with Gasteiger partial charge in [-0.3, -0.25) is 14.4 Å². The number of carbonyl (C=O) groups is 3. The largest absolute Gasteiger partial charge is 0.460 e. The van der Waals surface area contributed by atoms with Crippen molar-refractivity contribution in [2.45, 2.75) is 145 Å². The summed E-state index contributed by atoms with van der Waals surface area (Å²) in [4.78, 5) is 36.8. The van der Waals surface area contributed by atoms with E-state index in [1.807, 2.05) is 95.4 Å². The molecule has 0 aromatic rings. The van der Waals surface area contributed by atoms with Gasteiger partial charge in [0.2, 0.25) is 0 Å². The van der Waals surface area contributed by atoms with Crippen LogP contribution in [0.2, 0.25) is 0 Å². The molecule has 0 aromatic carbocycles. The fraction of sp³-hybridized carbons (Fsp3) is 0.543. The standard InChI is InChI=1S/C46H64O6/c1-11-12-13-24-44(50)51-32-39(25-26-42-36(5)27-40(48)30-45(42,8)9)23-17-21-34(3)19-15-14-18-33(2)20-16-22-35(4)43(49)31-46(10)37(6)28-41(52-46)29-38(7)47/h14-23,37,40-41,48H,11-13,24,27-32H2,1-10H3. The number of aliphatic hydroxyl groups excluding tert-OH is 1. The summed E-state index contributed by atoms with van der Waals surface area (Å²) in [7, 11) is 0. The van der Waals surface area contributed by atoms with E-state index in [0.29, 0.717) is 37.7 Å². The van der Waals surface area contributed by atoms with E-state index in [2.05, 4.69) is 39.5 Å². The third kappa shape index (κ3) is 15.8. The van der Waals surface area contributed by atoms with Crippen LogP contribution in [-0.2, 0) is 23.9 Å². The maximum absolute atomic E-state index is 13.0. The smallest absolute Gasteiger partial charge is 0.306 e. The molecule has 0 radical (unpaired) electrons. The van der Waals surface area contributed by atoms with Gasteiger partial charge in [0.1, 0.15) is 12.4 Å². The van der Waals surface area contributed by atoms with E-state index in [4.69, 9.17) is 9.47 Å². The number of hydrogen-bond donors (Lipinski definition) is 1. The van der Waals surface area contributed by atoms with Crippen molar-refractivity contribution >= 4 is 17.5 Å². The Balaban J connectivity index is 2.04. The van der Waals surface area contributed by atoms with E-state index in [0.717, 1.165) is 53.5 Å². The quantitative estimate of drug-likeness (QED) is 0.0531. The van der Waals surface area contributed by atoms with Gasteiger partial charge in [0.15, 0.2) is 5.78 Å². The maximum atomic E-state index is 13.0. The minimum absolute atomic E-state index is 0.0523. The molecule has 0 amide bonds. The monoisotopic (exact) mass is 712 g/mol. The van der Waals surface area contributed by atoms with Gasteiger partial charge in [-0.15, -0.1) is 0 Å². The van der Waals surface area contributed by atoms with E-state index in [-0.39, 0.29) is 47.7 Å². The molecule has 4 unspecified atom stereocenters. The summed E-state index contributed by atoms with van der Waals surface area (Å²) in [6.45, 7) is 20.0. The lowest BCUT2D eigenvalue weighted by Gasteiger charge is -2.34. The summed E-state index contributed by atoms with van der Waals surface area (Å²) in [6, 6.07) is 0. The van der Waals surface area contributed by atoms with Crippen LogP contribution in [0, 0.1) is 23.2 Å². The number of carbonyl (C=O) groups excluding carboxylic acids is 3. The molecule has 284 valence electrons. The van der Waals surface area contributed by atoms with Crippen LogP contribution in [-0.4, -0.2) is 47.1 Å². The number of esters is 1. The first-order valence-corrected chi connectivity index (χ1v) is 19.0. The summed E-state index contributed by atoms with van der Waals surface area (Å²) in [5.74, 6) is 6.78. The van der Waals surface area contributed by atoms with Gasteiger partial charge in [-0.1, -0.05) is 124 Å². The second-order valence-electron chi connectivity index (χ2n) is 15.6. The molecule has 6 nitrogen and oxygen atoms in total. The van der Waals surface area contributed by atoms with Crippen molar-refractivity contribution in [3.63, 3.8) is 0 Å². The number of ketones is 2. The molecule has 2 aliphatic rings. The average Bonchev–Trinajstić information content (AvgIpc) is 3.31. The Morgan fingerprint density at radius 1 is 0.942 bits per heavy atom. The van der Waals surface area contributed by atoms with Crippen LogP contribution in [0.5, 0.6) is 0 Å². The van der Waals surface area contributed by atoms with Gasteiger partial charge in [-0.05, 0) is 84.8 Å². The maximum Gasteiger partial charge on any atom is 0.306 e. The van der Waals surface area contributed by atoms with Crippen LogP contribution in [0.3, 0.4) is 0 Å². The highest BCUT2D eigenvalue weighted by molar-refractivity contribution is 5.95. The zero-order valence-electron chi connectivity index (χ0n) is 33.6. The third-order valence-electron chi connectivity index (χ3n) is 9.86. The first kappa shape index (κ1) is 44.4. The zero-order valence-corrected chi connectivity index (χ0v) is 33.6. The lowest BCUT2D eigenvalue weighted by Crippen LogP contribution is -2.34. The molecule has 0 aromatic heterocycles. The van der Waals surface area contributed by atoms with Crippen molar-refractivity contribution in [2.24, 2.45) is 11.3 Å². The number of Topliss-reactive ketones (excluding diaryl/α,β-unsaturated/α-hetero) is 2. The van der Waals surface area contributed by atoms with Gasteiger partial charge >= 0.3 is 5.97 Å². The number of rotatable bonds is 17. The van der Waals surface area contributed by atoms with E-state index in [9.17, 15) is 19.5 Å². The van der Waals surface area contributed by atoms with Crippen LogP contribution in [0.1, 0.15) is 127 Å². The molecule has 1 saturated heterocycles. The van der Waals surface area contributed by atoms with Crippen molar-refractivity contribution in [1.82, 2.24) is 0 Å². The number of unbranched alkanes of at least 4 members (excludes halogenated alkanes) is 2. The normalized spacial score (nSPS) is 24.6. The minimum Gasteiger partial charge on any atom is -0.460 e. The Morgan fingerprint density at radius 3 is 2.17 bits per heavy atom. The Labute approximate surface area is 314 Å². The number of allylic oxidation sites excluding steroid dienone is 14. The Kier molecular flexibility index (Phi) is 18.5. The van der Waals surface area contributed by atoms with E-state index in [1.165, 1.54) is 0 Å². The molecule has 4 atom stereocenters. The van der Waals surface area contributed by atoms with Gasteiger partial charge in [0, 0.05) is 35.8 Å². The molecule has 1 fully saturated rings. The van der Waals surface area contributed by atoms with Crippen molar-refractivity contribution in [1.29, 1.82) is 0 Å². The van der Waals surface area contributed by atoms with Crippen LogP contribution in [0.4, 0.5) is 0 Å². The summed E-state index contributed by atoms with van der Waals surface area (Å²) in [5.41, 5.74) is 4.84. The van der Waals surface area contributed by atoms with Gasteiger partial charge in [-0.2, -0.15) is 0 Å². The van der Waals surface area contributed by atoms with E-state index < -0.39 is 5.60 Å². The molecule has 1 heterocycles. The lowest BCUT2D eigenvalue weighted by molar-refractivity contribution is -0.142. The molecule has 1 aliphatic heterocycles. The van der Waals surface area contributed by atoms with Crippen LogP contribution < -0.4 is 0 Å².